The summed E-state index contributed by atoms with van der Waals surface area (Å²) in [5, 5.41) is 7.35. The van der Waals surface area contributed by atoms with Crippen LogP contribution in [0.1, 0.15) is 17.0 Å². The fourth-order valence-corrected chi connectivity index (χ4v) is 2.54. The van der Waals surface area contributed by atoms with E-state index < -0.39 is 0 Å². The summed E-state index contributed by atoms with van der Waals surface area (Å²) in [7, 11) is 0. The quantitative estimate of drug-likeness (QED) is 0.679. The third kappa shape index (κ3) is 4.24. The monoisotopic (exact) mass is 338 g/mol. The second-order valence-electron chi connectivity index (χ2n) is 5.62. The van der Waals surface area contributed by atoms with E-state index >= 15 is 0 Å². The molecular weight excluding hydrogens is 320 g/mol. The summed E-state index contributed by atoms with van der Waals surface area (Å²) in [4.78, 5) is 8.86. The van der Waals surface area contributed by atoms with E-state index in [9.17, 15) is 0 Å². The van der Waals surface area contributed by atoms with Crippen LogP contribution in [0.25, 0.3) is 0 Å². The van der Waals surface area contributed by atoms with Crippen LogP contribution >= 0.6 is 11.6 Å². The Morgan fingerprint density at radius 1 is 0.917 bits per heavy atom. The lowest BCUT2D eigenvalue weighted by atomic mass is 10.2. The molecule has 0 radical (unpaired) electrons. The number of anilines is 3. The minimum atomic E-state index is 0.611. The Bertz CT molecular complexity index is 831. The SMILES string of the molecule is Cc1ccc(Nc2cc(NCc3ccccc3Cl)nc(C)n2)cc1. The van der Waals surface area contributed by atoms with Crippen molar-refractivity contribution < 1.29 is 0 Å². The molecule has 4 nitrogen and oxygen atoms in total. The Balaban J connectivity index is 1.74. The maximum Gasteiger partial charge on any atom is 0.136 e. The zero-order valence-corrected chi connectivity index (χ0v) is 14.4. The Labute approximate surface area is 146 Å². The first-order chi connectivity index (χ1) is 11.6. The predicted molar refractivity (Wildman–Crippen MR) is 100 cm³/mol. The number of aryl methyl sites for hydroxylation is 2. The molecular formula is C19H19ClN4. The molecule has 2 aromatic carbocycles. The smallest absolute Gasteiger partial charge is 0.136 e. The predicted octanol–water partition coefficient (Wildman–Crippen LogP) is 5.10. The van der Waals surface area contributed by atoms with Crippen molar-refractivity contribution in [2.24, 2.45) is 0 Å². The first kappa shape index (κ1) is 16.3. The van der Waals surface area contributed by atoms with Gasteiger partial charge in [-0.2, -0.15) is 0 Å². The van der Waals surface area contributed by atoms with Crippen molar-refractivity contribution in [3.63, 3.8) is 0 Å². The maximum atomic E-state index is 6.19. The van der Waals surface area contributed by atoms with Gasteiger partial charge < -0.3 is 10.6 Å². The van der Waals surface area contributed by atoms with Crippen LogP contribution in [0, 0.1) is 13.8 Å². The van der Waals surface area contributed by atoms with Gasteiger partial charge in [-0.05, 0) is 37.6 Å². The van der Waals surface area contributed by atoms with Gasteiger partial charge >= 0.3 is 0 Å². The summed E-state index contributed by atoms with van der Waals surface area (Å²) < 4.78 is 0. The summed E-state index contributed by atoms with van der Waals surface area (Å²) in [6.07, 6.45) is 0. The number of hydrogen-bond donors (Lipinski definition) is 2. The van der Waals surface area contributed by atoms with E-state index in [2.05, 4.69) is 39.7 Å². The average Bonchev–Trinajstić information content (AvgIpc) is 2.56. The van der Waals surface area contributed by atoms with E-state index in [4.69, 9.17) is 11.6 Å². The van der Waals surface area contributed by atoms with Crippen LogP contribution in [0.4, 0.5) is 17.3 Å². The molecule has 0 bridgehead atoms. The van der Waals surface area contributed by atoms with Gasteiger partial charge in [0.15, 0.2) is 0 Å². The first-order valence-electron chi connectivity index (χ1n) is 7.77. The molecule has 2 N–H and O–H groups in total. The standard InChI is InChI=1S/C19H19ClN4/c1-13-7-9-16(10-8-13)24-19-11-18(22-14(2)23-19)21-12-15-5-3-4-6-17(15)20/h3-11H,12H2,1-2H3,(H2,21,22,23,24). The number of hydrogen-bond acceptors (Lipinski definition) is 4. The Kier molecular flexibility index (Phi) is 4.96. The molecule has 1 heterocycles. The molecule has 0 aliphatic heterocycles. The van der Waals surface area contributed by atoms with Crippen molar-refractivity contribution in [2.75, 3.05) is 10.6 Å². The highest BCUT2D eigenvalue weighted by Crippen LogP contribution is 2.20. The van der Waals surface area contributed by atoms with Gasteiger partial charge in [-0.15, -0.1) is 0 Å². The van der Waals surface area contributed by atoms with Gasteiger partial charge in [0.2, 0.25) is 0 Å². The van der Waals surface area contributed by atoms with E-state index in [1.165, 1.54) is 5.56 Å². The van der Waals surface area contributed by atoms with Gasteiger partial charge in [-0.3, -0.25) is 0 Å². The van der Waals surface area contributed by atoms with Crippen LogP contribution < -0.4 is 10.6 Å². The average molecular weight is 339 g/mol. The van der Waals surface area contributed by atoms with Crippen LogP contribution in [0.3, 0.4) is 0 Å². The molecule has 3 aromatic rings. The van der Waals surface area contributed by atoms with Gasteiger partial charge in [0, 0.05) is 23.3 Å². The number of rotatable bonds is 5. The number of aromatic nitrogens is 2. The topological polar surface area (TPSA) is 49.8 Å². The lowest BCUT2D eigenvalue weighted by molar-refractivity contribution is 1.03. The molecule has 0 saturated carbocycles. The van der Waals surface area contributed by atoms with Gasteiger partial charge in [0.25, 0.3) is 0 Å². The minimum absolute atomic E-state index is 0.611. The van der Waals surface area contributed by atoms with Crippen LogP contribution in [-0.4, -0.2) is 9.97 Å². The summed E-state index contributed by atoms with van der Waals surface area (Å²) in [6, 6.07) is 17.8. The number of halogens is 1. The second-order valence-corrected chi connectivity index (χ2v) is 6.03. The molecule has 5 heteroatoms. The molecule has 0 atom stereocenters. The fraction of sp³-hybridized carbons (Fsp3) is 0.158. The maximum absolute atomic E-state index is 6.19. The third-order valence-electron chi connectivity index (χ3n) is 3.58. The van der Waals surface area contributed by atoms with Gasteiger partial charge in [0.05, 0.1) is 0 Å². The third-order valence-corrected chi connectivity index (χ3v) is 3.95. The first-order valence-corrected chi connectivity index (χ1v) is 8.14. The van der Waals surface area contributed by atoms with Crippen molar-refractivity contribution >= 4 is 28.9 Å². The van der Waals surface area contributed by atoms with E-state index in [0.29, 0.717) is 12.4 Å². The molecule has 0 aliphatic carbocycles. The molecule has 24 heavy (non-hydrogen) atoms. The van der Waals surface area contributed by atoms with Crippen molar-refractivity contribution in [3.05, 3.63) is 76.6 Å². The van der Waals surface area contributed by atoms with E-state index in [-0.39, 0.29) is 0 Å². The van der Waals surface area contributed by atoms with Crippen molar-refractivity contribution in [3.8, 4) is 0 Å². The van der Waals surface area contributed by atoms with Gasteiger partial charge in [-0.25, -0.2) is 9.97 Å². The Hall–Kier alpha value is -2.59. The van der Waals surface area contributed by atoms with Crippen LogP contribution in [0.2, 0.25) is 5.02 Å². The molecule has 0 aliphatic rings. The normalized spacial score (nSPS) is 10.5. The number of nitrogens with zero attached hydrogens (tertiary/aromatic N) is 2. The van der Waals surface area contributed by atoms with Gasteiger partial charge in [-0.1, -0.05) is 47.5 Å². The summed E-state index contributed by atoms with van der Waals surface area (Å²) in [5.74, 6) is 2.22. The fourth-order valence-electron chi connectivity index (χ4n) is 2.33. The Morgan fingerprint density at radius 3 is 2.38 bits per heavy atom. The molecule has 0 fully saturated rings. The highest BCUT2D eigenvalue weighted by atomic mass is 35.5. The molecule has 0 amide bonds. The van der Waals surface area contributed by atoms with Crippen molar-refractivity contribution in [2.45, 2.75) is 20.4 Å². The summed E-state index contributed by atoms with van der Waals surface area (Å²) in [6.45, 7) is 4.55. The van der Waals surface area contributed by atoms with Gasteiger partial charge in [0.1, 0.15) is 17.5 Å². The van der Waals surface area contributed by atoms with Crippen LogP contribution in [0.15, 0.2) is 54.6 Å². The molecule has 0 unspecified atom stereocenters. The lowest BCUT2D eigenvalue weighted by Gasteiger charge is -2.11. The largest absolute Gasteiger partial charge is 0.366 e. The molecule has 1 aromatic heterocycles. The lowest BCUT2D eigenvalue weighted by Crippen LogP contribution is -2.05. The van der Waals surface area contributed by atoms with Crippen molar-refractivity contribution in [1.29, 1.82) is 0 Å². The van der Waals surface area contributed by atoms with E-state index in [1.807, 2.05) is 49.4 Å². The number of nitrogens with one attached hydrogen (secondary N) is 2. The molecule has 3 rings (SSSR count). The molecule has 0 spiro atoms. The molecule has 122 valence electrons. The van der Waals surface area contributed by atoms with Crippen LogP contribution in [-0.2, 0) is 6.54 Å². The highest BCUT2D eigenvalue weighted by Gasteiger charge is 2.04. The van der Waals surface area contributed by atoms with E-state index in [1.54, 1.807) is 0 Å². The number of benzene rings is 2. The van der Waals surface area contributed by atoms with Crippen molar-refractivity contribution in [1.82, 2.24) is 9.97 Å². The highest BCUT2D eigenvalue weighted by molar-refractivity contribution is 6.31. The van der Waals surface area contributed by atoms with Crippen LogP contribution in [0.5, 0.6) is 0 Å². The second kappa shape index (κ2) is 7.32. The summed E-state index contributed by atoms with van der Waals surface area (Å²) in [5.41, 5.74) is 3.25. The van der Waals surface area contributed by atoms with E-state index in [0.717, 1.165) is 27.9 Å². The molecule has 0 saturated heterocycles. The summed E-state index contributed by atoms with van der Waals surface area (Å²) >= 11 is 6.19. The zero-order chi connectivity index (χ0) is 16.9. The Morgan fingerprint density at radius 2 is 1.62 bits per heavy atom. The minimum Gasteiger partial charge on any atom is -0.366 e. The zero-order valence-electron chi connectivity index (χ0n) is 13.7.